The summed E-state index contributed by atoms with van der Waals surface area (Å²) in [7, 11) is 0. The summed E-state index contributed by atoms with van der Waals surface area (Å²) in [6, 6.07) is 58.3. The zero-order valence-corrected chi connectivity index (χ0v) is 48.8. The Bertz CT molecular complexity index is 3990. The third-order valence-electron chi connectivity index (χ3n) is 14.9. The van der Waals surface area contributed by atoms with Crippen LogP contribution in [0.4, 0.5) is 0 Å². The van der Waals surface area contributed by atoms with Gasteiger partial charge in [-0.3, -0.25) is 0 Å². The van der Waals surface area contributed by atoms with Crippen LogP contribution in [0.1, 0.15) is 111 Å². The summed E-state index contributed by atoms with van der Waals surface area (Å²) in [5.74, 6) is 1.94. The van der Waals surface area contributed by atoms with Gasteiger partial charge >= 0.3 is 397 Å². The quantitative estimate of drug-likeness (QED) is 0.142. The van der Waals surface area contributed by atoms with Crippen LogP contribution < -0.4 is 4.74 Å². The molecule has 4 heterocycles. The molecular formula is C69H66N6OPt-2. The second kappa shape index (κ2) is 19.2. The number of rotatable bonds is 8. The maximum absolute atomic E-state index is 6.81. The molecule has 4 aromatic heterocycles. The Morgan fingerprint density at radius 1 is 0.455 bits per heavy atom. The molecule has 0 aliphatic carbocycles. The van der Waals surface area contributed by atoms with Crippen molar-refractivity contribution in [2.75, 3.05) is 0 Å². The molecule has 0 amide bonds. The summed E-state index contributed by atoms with van der Waals surface area (Å²) in [5.41, 5.74) is 18.7. The first-order chi connectivity index (χ1) is 36.5. The summed E-state index contributed by atoms with van der Waals surface area (Å²) in [5, 5.41) is 2.17. The van der Waals surface area contributed by atoms with Crippen LogP contribution in [0.5, 0.6) is 11.5 Å². The standard InChI is InChI=1S/C69H66N6O.Pt/c1-44-30-64(72-41-59(44)47-39-70-42-71-40-47)75-60-25-15-14-22-57(60)58-29-28-54(38-63(58)75)76-53-21-18-20-52(37-53)73-43-74(62-27-17-16-26-61(62)73)65-55(45-31-48(66(2,3)4)35-49(32-45)67(5,6)7)23-19-24-56(65)46-33-50(68(8,9)10)36-51(34-46)69(11,12)13;/h14-36,39-42H,1-13H3;/q-2;. The van der Waals surface area contributed by atoms with Crippen molar-refractivity contribution in [3.63, 3.8) is 0 Å². The Morgan fingerprint density at radius 3 is 1.53 bits per heavy atom. The number of benzene rings is 7. The SMILES string of the molecule is Cc1cc(-n2c3[c-]c(Oc4[c-]c(-n5[c](=[Pt])n(-c6c(-c7cc(C(C)(C)C)cc(C(C)(C)C)c7)cccc6-c6cc(C(C)(C)C)cc(C(C)(C)C)c6)c6ccccc65)ccc4)ccc3c3ccccc32)ncc1-c1cncnc1. The van der Waals surface area contributed by atoms with Crippen molar-refractivity contribution in [2.45, 2.75) is 112 Å². The van der Waals surface area contributed by atoms with Crippen LogP contribution >= 0.6 is 0 Å². The molecule has 0 bridgehead atoms. The number of nitrogens with zero attached hydrogens (tertiary/aromatic N) is 6. The van der Waals surface area contributed by atoms with Crippen molar-refractivity contribution in [3.05, 3.63) is 208 Å². The number of fused-ring (bicyclic) bond motifs is 4. The molecule has 0 spiro atoms. The van der Waals surface area contributed by atoms with E-state index in [-0.39, 0.29) is 21.7 Å². The van der Waals surface area contributed by atoms with Gasteiger partial charge in [-0.1, -0.05) is 12.1 Å². The Labute approximate surface area is 464 Å². The average Bonchev–Trinajstić information content (AvgIpc) is 3.96. The number of imidazole rings is 1. The van der Waals surface area contributed by atoms with Gasteiger partial charge in [0.15, 0.2) is 0 Å². The van der Waals surface area contributed by atoms with E-state index in [1.54, 1.807) is 6.33 Å². The first-order valence-corrected chi connectivity index (χ1v) is 27.7. The van der Waals surface area contributed by atoms with Crippen molar-refractivity contribution in [3.8, 4) is 62.1 Å². The van der Waals surface area contributed by atoms with Gasteiger partial charge in [0.2, 0.25) is 0 Å². The van der Waals surface area contributed by atoms with Crippen LogP contribution in [-0.4, -0.2) is 28.7 Å². The molecule has 11 aromatic rings. The number of pyridine rings is 1. The molecule has 0 saturated heterocycles. The van der Waals surface area contributed by atoms with Crippen molar-refractivity contribution >= 4 is 32.8 Å². The number of para-hydroxylation sites is 4. The molecule has 7 aromatic carbocycles. The smallest absolute Gasteiger partial charge is 0.244 e. The van der Waals surface area contributed by atoms with Crippen LogP contribution in [0.15, 0.2) is 164 Å². The van der Waals surface area contributed by atoms with Gasteiger partial charge in [-0.25, -0.2) is 9.97 Å². The molecule has 390 valence electrons. The summed E-state index contributed by atoms with van der Waals surface area (Å²) < 4.78 is 14.8. The first kappa shape index (κ1) is 51.6. The van der Waals surface area contributed by atoms with Crippen molar-refractivity contribution < 1.29 is 24.1 Å². The molecule has 11 rings (SSSR count). The fourth-order valence-electron chi connectivity index (χ4n) is 10.4. The van der Waals surface area contributed by atoms with E-state index in [0.29, 0.717) is 11.5 Å². The number of ether oxygens (including phenoxy) is 1. The topological polar surface area (TPSA) is 62.7 Å². The molecule has 0 aliphatic heterocycles. The van der Waals surface area contributed by atoms with Gasteiger partial charge in [0.1, 0.15) is 6.33 Å². The monoisotopic (exact) mass is 1190 g/mol. The molecule has 0 N–H and O–H groups in total. The maximum atomic E-state index is 6.81. The molecular weight excluding hydrogens is 1120 g/mol. The minimum atomic E-state index is -0.0685. The van der Waals surface area contributed by atoms with E-state index in [2.05, 4.69) is 273 Å². The van der Waals surface area contributed by atoms with E-state index in [4.69, 9.17) is 9.72 Å². The fourth-order valence-corrected chi connectivity index (χ4v) is 11.5. The normalized spacial score (nSPS) is 12.6. The van der Waals surface area contributed by atoms with Crippen LogP contribution in [0, 0.1) is 22.9 Å². The third-order valence-corrected chi connectivity index (χ3v) is 15.9. The molecule has 0 aliphatic rings. The third kappa shape index (κ3) is 9.73. The Morgan fingerprint density at radius 2 is 0.974 bits per heavy atom. The van der Waals surface area contributed by atoms with Gasteiger partial charge in [-0.15, -0.1) is 0 Å². The molecule has 77 heavy (non-hydrogen) atoms. The average molecular weight is 1190 g/mol. The predicted molar refractivity (Wildman–Crippen MR) is 314 cm³/mol. The summed E-state index contributed by atoms with van der Waals surface area (Å²) >= 11 is 2.54. The summed E-state index contributed by atoms with van der Waals surface area (Å²) in [4.78, 5) is 13.5. The Kier molecular flexibility index (Phi) is 12.9. The predicted octanol–water partition coefficient (Wildman–Crippen LogP) is 17.7. The molecule has 0 unspecified atom stereocenters. The van der Waals surface area contributed by atoms with Gasteiger partial charge in [-0.05, 0) is 12.5 Å². The van der Waals surface area contributed by atoms with Crippen molar-refractivity contribution in [2.24, 2.45) is 0 Å². The van der Waals surface area contributed by atoms with Gasteiger partial charge in [0.05, 0.1) is 0 Å². The minimum Gasteiger partial charge on any atom is -0.244 e. The second-order valence-corrected chi connectivity index (χ2v) is 25.6. The zero-order chi connectivity index (χ0) is 54.3. The molecule has 0 atom stereocenters. The van der Waals surface area contributed by atoms with E-state index in [0.717, 1.165) is 70.5 Å². The number of hydrogen-bond acceptors (Lipinski definition) is 4. The molecule has 7 nitrogen and oxygen atoms in total. The fraction of sp³-hybridized carbons (Fsp3) is 0.246. The molecule has 0 radical (unpaired) electrons. The Hall–Kier alpha value is -7.47. The molecule has 0 saturated carbocycles. The van der Waals surface area contributed by atoms with E-state index < -0.39 is 0 Å². The number of aromatic nitrogens is 6. The van der Waals surface area contributed by atoms with E-state index in [9.17, 15) is 0 Å². The van der Waals surface area contributed by atoms with E-state index >= 15 is 0 Å². The van der Waals surface area contributed by atoms with Crippen LogP contribution in [0.25, 0.3) is 83.4 Å². The van der Waals surface area contributed by atoms with Gasteiger partial charge in [0.25, 0.3) is 0 Å². The van der Waals surface area contributed by atoms with E-state index in [1.807, 2.05) is 30.7 Å². The molecule has 0 fully saturated rings. The van der Waals surface area contributed by atoms with Crippen LogP contribution in [-0.2, 0) is 41.0 Å². The second-order valence-electron chi connectivity index (χ2n) is 24.6. The van der Waals surface area contributed by atoms with Crippen molar-refractivity contribution in [1.29, 1.82) is 0 Å². The summed E-state index contributed by atoms with van der Waals surface area (Å²) in [6.07, 6.45) is 7.09. The Balaban J connectivity index is 1.08. The number of aryl methyl sites for hydroxylation is 1. The molecule has 8 heteroatoms. The van der Waals surface area contributed by atoms with Gasteiger partial charge in [-0.2, -0.15) is 0 Å². The van der Waals surface area contributed by atoms with Crippen LogP contribution in [0.3, 0.4) is 0 Å². The van der Waals surface area contributed by atoms with Crippen LogP contribution in [0.2, 0.25) is 0 Å². The summed E-state index contributed by atoms with van der Waals surface area (Å²) in [6.45, 7) is 29.9. The zero-order valence-electron chi connectivity index (χ0n) is 46.5. The minimum absolute atomic E-state index is 0.0685. The van der Waals surface area contributed by atoms with Crippen molar-refractivity contribution in [1.82, 2.24) is 28.7 Å². The number of hydrogen-bond donors (Lipinski definition) is 0. The van der Waals surface area contributed by atoms with E-state index in [1.165, 1.54) is 44.5 Å². The van der Waals surface area contributed by atoms with Gasteiger partial charge < -0.3 is 0 Å². The van der Waals surface area contributed by atoms with Gasteiger partial charge in [0, 0.05) is 29.7 Å². The first-order valence-electron chi connectivity index (χ1n) is 26.6.